The highest BCUT2D eigenvalue weighted by atomic mass is 16.1. The Balaban J connectivity index is 3.10. The summed E-state index contributed by atoms with van der Waals surface area (Å²) in [5.41, 5.74) is 8.59. The number of ketones is 1. The molecule has 2 heteroatoms. The number of aryl methyl sites for hydroxylation is 1. The third-order valence-corrected chi connectivity index (χ3v) is 2.38. The summed E-state index contributed by atoms with van der Waals surface area (Å²) in [7, 11) is 0. The Hall–Kier alpha value is -1.15. The summed E-state index contributed by atoms with van der Waals surface area (Å²) in [6, 6.07) is 6.06. The van der Waals surface area contributed by atoms with Crippen LogP contribution in [-0.2, 0) is 12.8 Å². The normalized spacial score (nSPS) is 10.2. The zero-order valence-electron chi connectivity index (χ0n) is 8.84. The highest BCUT2D eigenvalue weighted by Gasteiger charge is 2.06. The van der Waals surface area contributed by atoms with Gasteiger partial charge in [0.05, 0.1) is 0 Å². The largest absolute Gasteiger partial charge is 0.330 e. The lowest BCUT2D eigenvalue weighted by Crippen LogP contribution is -2.08. The Morgan fingerprint density at radius 2 is 2.14 bits per heavy atom. The fraction of sp³-hybridized carbons (Fsp3) is 0.417. The highest BCUT2D eigenvalue weighted by molar-refractivity contribution is 5.95. The van der Waals surface area contributed by atoms with E-state index in [-0.39, 0.29) is 5.78 Å². The summed E-state index contributed by atoms with van der Waals surface area (Å²) in [6.45, 7) is 4.28. The van der Waals surface area contributed by atoms with Crippen molar-refractivity contribution < 1.29 is 4.79 Å². The van der Waals surface area contributed by atoms with Crippen LogP contribution in [-0.4, -0.2) is 12.3 Å². The number of hydrogen-bond acceptors (Lipinski definition) is 2. The molecule has 14 heavy (non-hydrogen) atoms. The molecule has 2 nitrogen and oxygen atoms in total. The molecule has 0 aliphatic carbocycles. The van der Waals surface area contributed by atoms with Crippen LogP contribution in [0.5, 0.6) is 0 Å². The minimum atomic E-state index is 0.128. The second-order valence-corrected chi connectivity index (χ2v) is 3.44. The van der Waals surface area contributed by atoms with Crippen LogP contribution < -0.4 is 5.73 Å². The molecule has 0 aliphatic heterocycles. The van der Waals surface area contributed by atoms with E-state index in [1.165, 1.54) is 5.56 Å². The molecule has 0 bridgehead atoms. The Labute approximate surface area is 85.1 Å². The van der Waals surface area contributed by atoms with Gasteiger partial charge in [-0.25, -0.2) is 0 Å². The van der Waals surface area contributed by atoms with Gasteiger partial charge in [0.25, 0.3) is 0 Å². The summed E-state index contributed by atoms with van der Waals surface area (Å²) in [5, 5.41) is 0. The SMILES string of the molecule is CCc1ccc(CCN)c(C(C)=O)c1. The number of carbonyl (C=O) groups excluding carboxylic acids is 1. The maximum Gasteiger partial charge on any atom is 0.160 e. The van der Waals surface area contributed by atoms with Crippen molar-refractivity contribution in [1.82, 2.24) is 0 Å². The Kier molecular flexibility index (Phi) is 3.84. The van der Waals surface area contributed by atoms with Crippen LogP contribution in [0.25, 0.3) is 0 Å². The quantitative estimate of drug-likeness (QED) is 0.739. The number of carbonyl (C=O) groups is 1. The fourth-order valence-corrected chi connectivity index (χ4v) is 1.54. The van der Waals surface area contributed by atoms with E-state index in [9.17, 15) is 4.79 Å². The van der Waals surface area contributed by atoms with Crippen molar-refractivity contribution in [2.24, 2.45) is 5.73 Å². The van der Waals surface area contributed by atoms with E-state index in [4.69, 9.17) is 5.73 Å². The molecule has 0 aliphatic rings. The molecular formula is C12H17NO. The number of nitrogens with two attached hydrogens (primary N) is 1. The van der Waals surface area contributed by atoms with Gasteiger partial charge in [0.1, 0.15) is 0 Å². The summed E-state index contributed by atoms with van der Waals surface area (Å²) in [5.74, 6) is 0.128. The molecule has 0 fully saturated rings. The van der Waals surface area contributed by atoms with E-state index >= 15 is 0 Å². The van der Waals surface area contributed by atoms with Gasteiger partial charge < -0.3 is 5.73 Å². The first-order chi connectivity index (χ1) is 6.69. The molecule has 0 unspecified atom stereocenters. The monoisotopic (exact) mass is 191 g/mol. The first kappa shape index (κ1) is 10.9. The first-order valence-electron chi connectivity index (χ1n) is 5.01. The van der Waals surface area contributed by atoms with E-state index in [1.807, 2.05) is 12.1 Å². The average molecular weight is 191 g/mol. The lowest BCUT2D eigenvalue weighted by atomic mass is 9.98. The Bertz CT molecular complexity index is 331. The standard InChI is InChI=1S/C12H17NO/c1-3-10-4-5-11(6-7-13)12(8-10)9(2)14/h4-5,8H,3,6-7,13H2,1-2H3. The molecule has 0 heterocycles. The van der Waals surface area contributed by atoms with Gasteiger partial charge in [-0.2, -0.15) is 0 Å². The molecule has 0 saturated carbocycles. The second kappa shape index (κ2) is 4.91. The Morgan fingerprint density at radius 3 is 2.64 bits per heavy atom. The van der Waals surface area contributed by atoms with Crippen molar-refractivity contribution >= 4 is 5.78 Å². The van der Waals surface area contributed by atoms with Gasteiger partial charge in [-0.15, -0.1) is 0 Å². The van der Waals surface area contributed by atoms with Gasteiger partial charge in [0, 0.05) is 5.56 Å². The van der Waals surface area contributed by atoms with Crippen molar-refractivity contribution in [3.63, 3.8) is 0 Å². The van der Waals surface area contributed by atoms with E-state index in [0.717, 1.165) is 24.0 Å². The number of Topliss-reactive ketones (excluding diaryl/α,β-unsaturated/α-hetero) is 1. The van der Waals surface area contributed by atoms with Crippen LogP contribution in [0.2, 0.25) is 0 Å². The van der Waals surface area contributed by atoms with Gasteiger partial charge in [-0.3, -0.25) is 4.79 Å². The van der Waals surface area contributed by atoms with Crippen molar-refractivity contribution in [2.75, 3.05) is 6.54 Å². The topological polar surface area (TPSA) is 43.1 Å². The molecule has 2 N–H and O–H groups in total. The summed E-state index contributed by atoms with van der Waals surface area (Å²) < 4.78 is 0. The molecule has 0 spiro atoms. The van der Waals surface area contributed by atoms with Crippen molar-refractivity contribution in [3.05, 3.63) is 34.9 Å². The van der Waals surface area contributed by atoms with Crippen LogP contribution in [0, 0.1) is 0 Å². The zero-order chi connectivity index (χ0) is 10.6. The van der Waals surface area contributed by atoms with Gasteiger partial charge in [0.15, 0.2) is 5.78 Å². The maximum absolute atomic E-state index is 11.4. The summed E-state index contributed by atoms with van der Waals surface area (Å²) >= 11 is 0. The van der Waals surface area contributed by atoms with Crippen LogP contribution >= 0.6 is 0 Å². The number of rotatable bonds is 4. The van der Waals surface area contributed by atoms with Gasteiger partial charge >= 0.3 is 0 Å². The zero-order valence-corrected chi connectivity index (χ0v) is 8.84. The van der Waals surface area contributed by atoms with Crippen molar-refractivity contribution in [3.8, 4) is 0 Å². The van der Waals surface area contributed by atoms with Gasteiger partial charge in [-0.1, -0.05) is 19.1 Å². The molecule has 0 radical (unpaired) electrons. The molecule has 0 amide bonds. The van der Waals surface area contributed by atoms with Crippen LogP contribution in [0.4, 0.5) is 0 Å². The first-order valence-corrected chi connectivity index (χ1v) is 5.01. The fourth-order valence-electron chi connectivity index (χ4n) is 1.54. The van der Waals surface area contributed by atoms with Crippen molar-refractivity contribution in [2.45, 2.75) is 26.7 Å². The third-order valence-electron chi connectivity index (χ3n) is 2.38. The molecule has 1 aromatic carbocycles. The molecule has 76 valence electrons. The van der Waals surface area contributed by atoms with E-state index in [1.54, 1.807) is 6.92 Å². The molecule has 0 aromatic heterocycles. The molecule has 0 saturated heterocycles. The number of hydrogen-bond donors (Lipinski definition) is 1. The van der Waals surface area contributed by atoms with Gasteiger partial charge in [-0.05, 0) is 43.5 Å². The number of benzene rings is 1. The molecule has 0 atom stereocenters. The van der Waals surface area contributed by atoms with Crippen LogP contribution in [0.1, 0.15) is 35.3 Å². The predicted molar refractivity (Wildman–Crippen MR) is 58.6 cm³/mol. The van der Waals surface area contributed by atoms with E-state index < -0.39 is 0 Å². The lowest BCUT2D eigenvalue weighted by molar-refractivity contribution is 0.101. The summed E-state index contributed by atoms with van der Waals surface area (Å²) in [4.78, 5) is 11.4. The van der Waals surface area contributed by atoms with Crippen LogP contribution in [0.3, 0.4) is 0 Å². The smallest absolute Gasteiger partial charge is 0.160 e. The second-order valence-electron chi connectivity index (χ2n) is 3.44. The highest BCUT2D eigenvalue weighted by Crippen LogP contribution is 2.13. The van der Waals surface area contributed by atoms with E-state index in [0.29, 0.717) is 6.54 Å². The third kappa shape index (κ3) is 2.42. The average Bonchev–Trinajstić information content (AvgIpc) is 2.18. The summed E-state index contributed by atoms with van der Waals surface area (Å²) in [6.07, 6.45) is 1.74. The van der Waals surface area contributed by atoms with E-state index in [2.05, 4.69) is 13.0 Å². The van der Waals surface area contributed by atoms with Crippen molar-refractivity contribution in [1.29, 1.82) is 0 Å². The predicted octanol–water partition coefficient (Wildman–Crippen LogP) is 1.95. The molecular weight excluding hydrogens is 174 g/mol. The van der Waals surface area contributed by atoms with Gasteiger partial charge in [0.2, 0.25) is 0 Å². The maximum atomic E-state index is 11.4. The Morgan fingerprint density at radius 1 is 1.43 bits per heavy atom. The minimum absolute atomic E-state index is 0.128. The molecule has 1 rings (SSSR count). The van der Waals surface area contributed by atoms with Crippen LogP contribution in [0.15, 0.2) is 18.2 Å². The lowest BCUT2D eigenvalue weighted by Gasteiger charge is -2.07. The minimum Gasteiger partial charge on any atom is -0.330 e. The molecule has 1 aromatic rings.